The number of Topliss-reactive ketones (excluding diaryl/α,β-unsaturated/α-hetero) is 1. The fraction of sp³-hybridized carbons (Fsp3) is 0.235. The quantitative estimate of drug-likeness (QED) is 0.910. The lowest BCUT2D eigenvalue weighted by molar-refractivity contribution is -0.119. The van der Waals surface area contributed by atoms with E-state index >= 15 is 0 Å². The van der Waals surface area contributed by atoms with Gasteiger partial charge in [0.05, 0.1) is 0 Å². The summed E-state index contributed by atoms with van der Waals surface area (Å²) >= 11 is 0. The fourth-order valence-corrected chi connectivity index (χ4v) is 2.88. The van der Waals surface area contributed by atoms with Crippen LogP contribution in [-0.2, 0) is 17.6 Å². The van der Waals surface area contributed by atoms with Gasteiger partial charge in [-0.25, -0.2) is 0 Å². The molecule has 19 heavy (non-hydrogen) atoms. The number of phenols is 1. The van der Waals surface area contributed by atoms with Crippen LogP contribution in [0.4, 0.5) is 0 Å². The number of hydrogen-bond donors (Lipinski definition) is 1. The Labute approximate surface area is 112 Å². The van der Waals surface area contributed by atoms with Crippen LogP contribution in [0.25, 0.3) is 0 Å². The standard InChI is InChI=1S/C17H16O2/c18-14-6-3-4-12(10-14)11-17(19)16-9-8-13-5-1-2-7-15(13)16/h1-7,10,16,18H,8-9,11H2. The molecule has 96 valence electrons. The third-order valence-corrected chi connectivity index (χ3v) is 3.81. The molecule has 0 saturated carbocycles. The number of hydrogen-bond acceptors (Lipinski definition) is 2. The second kappa shape index (κ2) is 4.88. The van der Waals surface area contributed by atoms with Gasteiger partial charge in [-0.3, -0.25) is 4.79 Å². The van der Waals surface area contributed by atoms with E-state index in [1.165, 1.54) is 11.1 Å². The van der Waals surface area contributed by atoms with Crippen LogP contribution in [-0.4, -0.2) is 10.9 Å². The lowest BCUT2D eigenvalue weighted by Crippen LogP contribution is -2.12. The molecule has 0 radical (unpaired) electrons. The molecule has 1 atom stereocenters. The molecule has 1 unspecified atom stereocenters. The van der Waals surface area contributed by atoms with Crippen molar-refractivity contribution < 1.29 is 9.90 Å². The van der Waals surface area contributed by atoms with Crippen molar-refractivity contribution >= 4 is 5.78 Å². The molecule has 0 heterocycles. The summed E-state index contributed by atoms with van der Waals surface area (Å²) in [5, 5.41) is 9.44. The molecule has 2 aromatic carbocycles. The van der Waals surface area contributed by atoms with E-state index in [1.807, 2.05) is 18.2 Å². The van der Waals surface area contributed by atoms with Crippen molar-refractivity contribution in [3.8, 4) is 5.75 Å². The molecule has 3 rings (SSSR count). The van der Waals surface area contributed by atoms with Gasteiger partial charge >= 0.3 is 0 Å². The zero-order valence-electron chi connectivity index (χ0n) is 10.7. The SMILES string of the molecule is O=C(Cc1cccc(O)c1)C1CCc2ccccc21. The van der Waals surface area contributed by atoms with Gasteiger partial charge in [0.2, 0.25) is 0 Å². The van der Waals surface area contributed by atoms with Crippen LogP contribution in [0.2, 0.25) is 0 Å². The van der Waals surface area contributed by atoms with Crippen molar-refractivity contribution in [2.75, 3.05) is 0 Å². The Bertz CT molecular complexity index is 616. The molecule has 0 spiro atoms. The second-order valence-electron chi connectivity index (χ2n) is 5.10. The first kappa shape index (κ1) is 12.0. The van der Waals surface area contributed by atoms with E-state index in [0.29, 0.717) is 6.42 Å². The molecule has 2 aromatic rings. The Morgan fingerprint density at radius 1 is 1.16 bits per heavy atom. The van der Waals surface area contributed by atoms with Gasteiger partial charge in [-0.05, 0) is 41.7 Å². The van der Waals surface area contributed by atoms with E-state index in [-0.39, 0.29) is 17.5 Å². The number of phenolic OH excluding ortho intramolecular Hbond substituents is 1. The minimum Gasteiger partial charge on any atom is -0.508 e. The molecule has 0 aromatic heterocycles. The zero-order valence-corrected chi connectivity index (χ0v) is 10.7. The number of carbonyl (C=O) groups is 1. The highest BCUT2D eigenvalue weighted by Gasteiger charge is 2.27. The van der Waals surface area contributed by atoms with Gasteiger partial charge < -0.3 is 5.11 Å². The molecule has 0 fully saturated rings. The molecule has 0 aliphatic heterocycles. The monoisotopic (exact) mass is 252 g/mol. The van der Waals surface area contributed by atoms with Gasteiger partial charge in [-0.15, -0.1) is 0 Å². The van der Waals surface area contributed by atoms with Crippen molar-refractivity contribution in [3.63, 3.8) is 0 Å². The smallest absolute Gasteiger partial charge is 0.144 e. The minimum absolute atomic E-state index is 0.0264. The third kappa shape index (κ3) is 2.39. The average Bonchev–Trinajstić information content (AvgIpc) is 2.82. The van der Waals surface area contributed by atoms with Crippen LogP contribution in [0.1, 0.15) is 29.0 Å². The van der Waals surface area contributed by atoms with Crippen LogP contribution in [0.3, 0.4) is 0 Å². The van der Waals surface area contributed by atoms with E-state index in [0.717, 1.165) is 18.4 Å². The molecular weight excluding hydrogens is 236 g/mol. The Morgan fingerprint density at radius 2 is 2.00 bits per heavy atom. The van der Waals surface area contributed by atoms with Crippen LogP contribution < -0.4 is 0 Å². The zero-order chi connectivity index (χ0) is 13.2. The van der Waals surface area contributed by atoms with E-state index in [4.69, 9.17) is 0 Å². The maximum Gasteiger partial charge on any atom is 0.144 e. The maximum atomic E-state index is 12.4. The molecule has 1 N–H and O–H groups in total. The molecule has 2 nitrogen and oxygen atoms in total. The van der Waals surface area contributed by atoms with Gasteiger partial charge in [-0.2, -0.15) is 0 Å². The number of carbonyl (C=O) groups excluding carboxylic acids is 1. The van der Waals surface area contributed by atoms with Crippen molar-refractivity contribution in [2.45, 2.75) is 25.2 Å². The second-order valence-corrected chi connectivity index (χ2v) is 5.10. The summed E-state index contributed by atoms with van der Waals surface area (Å²) in [6.45, 7) is 0. The van der Waals surface area contributed by atoms with E-state index in [9.17, 15) is 9.90 Å². The third-order valence-electron chi connectivity index (χ3n) is 3.81. The van der Waals surface area contributed by atoms with E-state index in [1.54, 1.807) is 18.2 Å². The molecule has 2 heteroatoms. The number of benzene rings is 2. The molecular formula is C17H16O2. The Kier molecular flexibility index (Phi) is 3.08. The largest absolute Gasteiger partial charge is 0.508 e. The molecule has 0 saturated heterocycles. The van der Waals surface area contributed by atoms with Crippen molar-refractivity contribution in [3.05, 3.63) is 65.2 Å². The van der Waals surface area contributed by atoms with Crippen molar-refractivity contribution in [1.82, 2.24) is 0 Å². The van der Waals surface area contributed by atoms with Crippen LogP contribution >= 0.6 is 0 Å². The van der Waals surface area contributed by atoms with Crippen LogP contribution in [0.15, 0.2) is 48.5 Å². The Hall–Kier alpha value is -2.09. The summed E-state index contributed by atoms with van der Waals surface area (Å²) in [7, 11) is 0. The number of aryl methyl sites for hydroxylation is 1. The van der Waals surface area contributed by atoms with E-state index < -0.39 is 0 Å². The summed E-state index contributed by atoms with van der Waals surface area (Å²) in [6, 6.07) is 15.2. The molecule has 1 aliphatic carbocycles. The highest BCUT2D eigenvalue weighted by Crippen LogP contribution is 2.34. The van der Waals surface area contributed by atoms with Gasteiger partial charge in [0, 0.05) is 12.3 Å². The van der Waals surface area contributed by atoms with Crippen LogP contribution in [0.5, 0.6) is 5.75 Å². The maximum absolute atomic E-state index is 12.4. The fourth-order valence-electron chi connectivity index (χ4n) is 2.88. The summed E-state index contributed by atoms with van der Waals surface area (Å²) in [6.07, 6.45) is 2.30. The summed E-state index contributed by atoms with van der Waals surface area (Å²) in [5.74, 6) is 0.492. The number of aromatic hydroxyl groups is 1. The number of fused-ring (bicyclic) bond motifs is 1. The number of ketones is 1. The van der Waals surface area contributed by atoms with Gasteiger partial charge in [0.15, 0.2) is 0 Å². The first-order valence-electron chi connectivity index (χ1n) is 6.62. The molecule has 1 aliphatic rings. The summed E-state index contributed by atoms with van der Waals surface area (Å²) in [4.78, 5) is 12.4. The van der Waals surface area contributed by atoms with E-state index in [2.05, 4.69) is 12.1 Å². The Balaban J connectivity index is 1.79. The van der Waals surface area contributed by atoms with Gasteiger partial charge in [0.1, 0.15) is 11.5 Å². The Morgan fingerprint density at radius 3 is 2.84 bits per heavy atom. The molecule has 0 bridgehead atoms. The molecule has 0 amide bonds. The lowest BCUT2D eigenvalue weighted by atomic mass is 9.92. The van der Waals surface area contributed by atoms with Gasteiger partial charge in [-0.1, -0.05) is 36.4 Å². The highest BCUT2D eigenvalue weighted by molar-refractivity contribution is 5.88. The first-order chi connectivity index (χ1) is 9.24. The van der Waals surface area contributed by atoms with Crippen molar-refractivity contribution in [2.24, 2.45) is 0 Å². The topological polar surface area (TPSA) is 37.3 Å². The average molecular weight is 252 g/mol. The van der Waals surface area contributed by atoms with Crippen LogP contribution in [0, 0.1) is 0 Å². The minimum atomic E-state index is 0.0264. The summed E-state index contributed by atoms with van der Waals surface area (Å²) in [5.41, 5.74) is 3.37. The predicted octanol–water partition coefficient (Wildman–Crippen LogP) is 3.23. The highest BCUT2D eigenvalue weighted by atomic mass is 16.3. The lowest BCUT2D eigenvalue weighted by Gasteiger charge is -2.10. The first-order valence-corrected chi connectivity index (χ1v) is 6.62. The normalized spacial score (nSPS) is 17.2. The van der Waals surface area contributed by atoms with Crippen molar-refractivity contribution in [1.29, 1.82) is 0 Å². The number of rotatable bonds is 3. The summed E-state index contributed by atoms with van der Waals surface area (Å²) < 4.78 is 0. The predicted molar refractivity (Wildman–Crippen MR) is 74.3 cm³/mol. The van der Waals surface area contributed by atoms with Gasteiger partial charge in [0.25, 0.3) is 0 Å².